The molecule has 1 saturated heterocycles. The van der Waals surface area contributed by atoms with E-state index in [2.05, 4.69) is 21.2 Å². The second-order valence-electron chi connectivity index (χ2n) is 8.76. The molecule has 0 bridgehead atoms. The van der Waals surface area contributed by atoms with E-state index in [0.717, 1.165) is 11.8 Å². The van der Waals surface area contributed by atoms with E-state index in [1.54, 1.807) is 0 Å². The van der Waals surface area contributed by atoms with Crippen LogP contribution < -0.4 is 5.32 Å². The van der Waals surface area contributed by atoms with Crippen molar-refractivity contribution in [3.8, 4) is 0 Å². The van der Waals surface area contributed by atoms with E-state index in [9.17, 15) is 9.59 Å². The molecule has 27 heavy (non-hydrogen) atoms. The van der Waals surface area contributed by atoms with Crippen molar-refractivity contribution in [2.45, 2.75) is 89.9 Å². The first-order valence-electron chi connectivity index (χ1n) is 10.2. The molecular weight excluding hydrogens is 410 g/mol. The van der Waals surface area contributed by atoms with Gasteiger partial charge in [-0.1, -0.05) is 60.2 Å². The number of rotatable bonds is 7. The number of allylic oxidation sites excluding steroid dienone is 2. The van der Waals surface area contributed by atoms with Crippen LogP contribution in [0.15, 0.2) is 12.2 Å². The summed E-state index contributed by atoms with van der Waals surface area (Å²) in [6.07, 6.45) is 11.7. The van der Waals surface area contributed by atoms with Gasteiger partial charge >= 0.3 is 12.1 Å². The number of alkyl carbamates (subject to hydrolysis) is 1. The smallest absolute Gasteiger partial charge is 0.408 e. The Balaban J connectivity index is 2.00. The van der Waals surface area contributed by atoms with Crippen LogP contribution in [-0.4, -0.2) is 35.1 Å². The lowest BCUT2D eigenvalue weighted by Crippen LogP contribution is -2.46. The van der Waals surface area contributed by atoms with Crippen molar-refractivity contribution in [2.24, 2.45) is 11.8 Å². The van der Waals surface area contributed by atoms with Gasteiger partial charge in [-0.2, -0.15) is 0 Å². The Morgan fingerprint density at radius 1 is 1.30 bits per heavy atom. The Labute approximate surface area is 171 Å². The van der Waals surface area contributed by atoms with Crippen LogP contribution in [0, 0.1) is 11.8 Å². The van der Waals surface area contributed by atoms with Gasteiger partial charge in [-0.05, 0) is 46.0 Å². The normalized spacial score (nSPS) is 25.4. The van der Waals surface area contributed by atoms with E-state index < -0.39 is 11.7 Å². The van der Waals surface area contributed by atoms with E-state index in [1.165, 1.54) is 32.1 Å². The third kappa shape index (κ3) is 7.84. The first kappa shape index (κ1) is 22.3. The van der Waals surface area contributed by atoms with Crippen molar-refractivity contribution >= 4 is 28.0 Å². The molecule has 154 valence electrons. The highest BCUT2D eigenvalue weighted by Gasteiger charge is 2.40. The summed E-state index contributed by atoms with van der Waals surface area (Å²) < 4.78 is 11.1. The highest BCUT2D eigenvalue weighted by Crippen LogP contribution is 2.33. The number of carbonyl (C=O) groups is 2. The zero-order valence-corrected chi connectivity index (χ0v) is 18.4. The van der Waals surface area contributed by atoms with Crippen LogP contribution in [0.1, 0.15) is 72.1 Å². The van der Waals surface area contributed by atoms with Gasteiger partial charge in [0.1, 0.15) is 11.7 Å². The summed E-state index contributed by atoms with van der Waals surface area (Å²) in [5.41, 5.74) is -0.547. The molecule has 5 nitrogen and oxygen atoms in total. The molecule has 0 spiro atoms. The number of esters is 1. The lowest BCUT2D eigenvalue weighted by Gasteiger charge is -2.30. The second-order valence-corrected chi connectivity index (χ2v) is 9.41. The van der Waals surface area contributed by atoms with Gasteiger partial charge in [-0.3, -0.25) is 4.79 Å². The van der Waals surface area contributed by atoms with E-state index in [4.69, 9.17) is 9.47 Å². The van der Waals surface area contributed by atoms with Gasteiger partial charge in [0.05, 0.1) is 12.0 Å². The van der Waals surface area contributed by atoms with E-state index in [0.29, 0.717) is 18.8 Å². The molecule has 2 aliphatic rings. The van der Waals surface area contributed by atoms with Crippen LogP contribution in [0.25, 0.3) is 0 Å². The first-order valence-corrected chi connectivity index (χ1v) is 11.3. The lowest BCUT2D eigenvalue weighted by atomic mass is 9.83. The summed E-state index contributed by atoms with van der Waals surface area (Å²) in [7, 11) is 0. The van der Waals surface area contributed by atoms with E-state index in [1.807, 2.05) is 32.9 Å². The largest absolute Gasteiger partial charge is 0.460 e. The maximum absolute atomic E-state index is 12.4. The summed E-state index contributed by atoms with van der Waals surface area (Å²) in [4.78, 5) is 24.6. The molecule has 2 rings (SSSR count). The molecule has 0 aromatic carbocycles. The number of alkyl halides is 1. The summed E-state index contributed by atoms with van der Waals surface area (Å²) in [5.74, 6) is 0.295. The molecule has 1 aliphatic carbocycles. The topological polar surface area (TPSA) is 64.6 Å². The maximum Gasteiger partial charge on any atom is 0.408 e. The van der Waals surface area contributed by atoms with Crippen molar-refractivity contribution < 1.29 is 19.1 Å². The number of ether oxygens (including phenoxy) is 2. The molecule has 1 heterocycles. The van der Waals surface area contributed by atoms with Gasteiger partial charge in [0, 0.05) is 5.33 Å². The van der Waals surface area contributed by atoms with Gasteiger partial charge in [0.15, 0.2) is 0 Å². The number of hydrogen-bond acceptors (Lipinski definition) is 4. The molecule has 6 heteroatoms. The SMILES string of the molecule is CC(C)(C)OC(=O)NC(CC1CCCCC1)[C@@H]1CC(CC=CCBr)C(=O)O1. The van der Waals surface area contributed by atoms with Crippen molar-refractivity contribution in [1.82, 2.24) is 5.32 Å². The van der Waals surface area contributed by atoms with Crippen molar-refractivity contribution in [3.05, 3.63) is 12.2 Å². The molecule has 1 amide bonds. The van der Waals surface area contributed by atoms with Crippen LogP contribution in [0.2, 0.25) is 0 Å². The highest BCUT2D eigenvalue weighted by atomic mass is 79.9. The average molecular weight is 444 g/mol. The Bertz CT molecular complexity index is 523. The zero-order chi connectivity index (χ0) is 19.9. The molecule has 0 aromatic heterocycles. The minimum Gasteiger partial charge on any atom is -0.460 e. The molecule has 1 N–H and O–H groups in total. The maximum atomic E-state index is 12.4. The molecule has 1 saturated carbocycles. The Morgan fingerprint density at radius 2 is 2.00 bits per heavy atom. The van der Waals surface area contributed by atoms with Crippen LogP contribution >= 0.6 is 15.9 Å². The number of hydrogen-bond donors (Lipinski definition) is 1. The number of halogens is 1. The van der Waals surface area contributed by atoms with Gasteiger partial charge in [-0.15, -0.1) is 0 Å². The zero-order valence-electron chi connectivity index (χ0n) is 16.8. The second kappa shape index (κ2) is 10.5. The predicted molar refractivity (Wildman–Crippen MR) is 110 cm³/mol. The van der Waals surface area contributed by atoms with Gasteiger partial charge in [0.25, 0.3) is 0 Å². The molecule has 2 unspecified atom stereocenters. The predicted octanol–water partition coefficient (Wildman–Crippen LogP) is 5.12. The minimum absolute atomic E-state index is 0.125. The highest BCUT2D eigenvalue weighted by molar-refractivity contribution is 9.09. The fourth-order valence-corrected chi connectivity index (χ4v) is 4.24. The number of carbonyl (C=O) groups excluding carboxylic acids is 2. The van der Waals surface area contributed by atoms with E-state index >= 15 is 0 Å². The van der Waals surface area contributed by atoms with Crippen molar-refractivity contribution in [1.29, 1.82) is 0 Å². The Kier molecular flexibility index (Phi) is 8.64. The lowest BCUT2D eigenvalue weighted by molar-refractivity contribution is -0.145. The molecule has 2 fully saturated rings. The molecule has 3 atom stereocenters. The summed E-state index contributed by atoms with van der Waals surface area (Å²) in [5, 5.41) is 3.79. The monoisotopic (exact) mass is 443 g/mol. The van der Waals surface area contributed by atoms with Crippen molar-refractivity contribution in [3.63, 3.8) is 0 Å². The van der Waals surface area contributed by atoms with Crippen LogP contribution in [-0.2, 0) is 14.3 Å². The number of amides is 1. The fourth-order valence-electron chi connectivity index (χ4n) is 3.98. The van der Waals surface area contributed by atoms with Crippen LogP contribution in [0.5, 0.6) is 0 Å². The molecule has 0 radical (unpaired) electrons. The Morgan fingerprint density at radius 3 is 2.63 bits per heavy atom. The molecule has 1 aliphatic heterocycles. The van der Waals surface area contributed by atoms with Crippen molar-refractivity contribution in [2.75, 3.05) is 5.33 Å². The third-order valence-electron chi connectivity index (χ3n) is 5.26. The quantitative estimate of drug-likeness (QED) is 0.336. The first-order chi connectivity index (χ1) is 12.8. The average Bonchev–Trinajstić information content (AvgIpc) is 2.95. The van der Waals surface area contributed by atoms with Gasteiger partial charge in [0.2, 0.25) is 0 Å². The third-order valence-corrected chi connectivity index (χ3v) is 5.63. The Hall–Kier alpha value is -1.04. The van der Waals surface area contributed by atoms with Gasteiger partial charge in [-0.25, -0.2) is 4.79 Å². The van der Waals surface area contributed by atoms with Gasteiger partial charge < -0.3 is 14.8 Å². The number of nitrogens with one attached hydrogen (secondary N) is 1. The molecule has 0 aromatic rings. The standard InChI is InChI=1S/C21H34BrNO4/c1-21(2,3)27-20(25)23-17(13-15-9-5-4-6-10-15)18-14-16(19(24)26-18)11-7-8-12-22/h7-8,15-18H,4-6,9-14H2,1-3H3,(H,23,25)/t16?,17?,18-/m0/s1. The van der Waals surface area contributed by atoms with Crippen LogP contribution in [0.3, 0.4) is 0 Å². The summed E-state index contributed by atoms with van der Waals surface area (Å²) >= 11 is 3.35. The van der Waals surface area contributed by atoms with E-state index in [-0.39, 0.29) is 24.0 Å². The molecular formula is C21H34BrNO4. The summed E-state index contributed by atoms with van der Waals surface area (Å²) in [6.45, 7) is 5.56. The van der Waals surface area contributed by atoms with Crippen LogP contribution in [0.4, 0.5) is 4.79 Å². The minimum atomic E-state index is -0.547. The summed E-state index contributed by atoms with van der Waals surface area (Å²) in [6, 6.07) is -0.183. The fraction of sp³-hybridized carbons (Fsp3) is 0.810. The number of cyclic esters (lactones) is 1.